The Balaban J connectivity index is 1.87. The van der Waals surface area contributed by atoms with Crippen molar-refractivity contribution in [3.05, 3.63) is 100 Å². The molecule has 1 aliphatic heterocycles. The number of amides is 1. The van der Waals surface area contributed by atoms with Gasteiger partial charge in [0.2, 0.25) is 0 Å². The van der Waals surface area contributed by atoms with Crippen LogP contribution in [0.5, 0.6) is 11.5 Å². The molecule has 0 radical (unpaired) electrons. The molecule has 6 nitrogen and oxygen atoms in total. The zero-order valence-corrected chi connectivity index (χ0v) is 22.9. The summed E-state index contributed by atoms with van der Waals surface area (Å²) in [6.07, 6.45) is 0. The van der Waals surface area contributed by atoms with E-state index in [2.05, 4.69) is 20.8 Å². The lowest BCUT2D eigenvalue weighted by molar-refractivity contribution is -0.140. The number of rotatable bonds is 7. The molecule has 0 saturated carbocycles. The molecule has 1 atom stereocenters. The number of hydrogen-bond acceptors (Lipinski definition) is 5. The van der Waals surface area contributed by atoms with Gasteiger partial charge in [-0.3, -0.25) is 9.59 Å². The fourth-order valence-corrected chi connectivity index (χ4v) is 4.76. The van der Waals surface area contributed by atoms with E-state index in [1.54, 1.807) is 19.2 Å². The van der Waals surface area contributed by atoms with Gasteiger partial charge in [-0.15, -0.1) is 0 Å². The molecule has 0 spiro atoms. The summed E-state index contributed by atoms with van der Waals surface area (Å²) in [7, 11) is 1.58. The van der Waals surface area contributed by atoms with Crippen molar-refractivity contribution in [2.45, 2.75) is 52.6 Å². The number of nitrogens with zero attached hydrogens (tertiary/aromatic N) is 1. The van der Waals surface area contributed by atoms with E-state index in [-0.39, 0.29) is 23.3 Å². The summed E-state index contributed by atoms with van der Waals surface area (Å²) in [5.41, 5.74) is 3.84. The Morgan fingerprint density at radius 1 is 0.974 bits per heavy atom. The van der Waals surface area contributed by atoms with E-state index < -0.39 is 17.7 Å². The Hall–Kier alpha value is -4.06. The molecule has 0 aromatic heterocycles. The van der Waals surface area contributed by atoms with Crippen LogP contribution >= 0.6 is 0 Å². The van der Waals surface area contributed by atoms with Crippen LogP contribution in [0.2, 0.25) is 0 Å². The molecule has 3 aromatic carbocycles. The number of carbonyl (C=O) groups excluding carboxylic acids is 2. The molecule has 1 fully saturated rings. The van der Waals surface area contributed by atoms with Gasteiger partial charge in [0, 0.05) is 12.1 Å². The Bertz CT molecular complexity index is 1380. The van der Waals surface area contributed by atoms with Crippen LogP contribution in [0.3, 0.4) is 0 Å². The second-order valence-electron chi connectivity index (χ2n) is 10.6. The minimum absolute atomic E-state index is 0.0790. The molecule has 4 rings (SSSR count). The van der Waals surface area contributed by atoms with Gasteiger partial charge in [0.15, 0.2) is 0 Å². The first-order valence-corrected chi connectivity index (χ1v) is 12.8. The number of ketones is 1. The molecule has 198 valence electrons. The van der Waals surface area contributed by atoms with E-state index in [0.29, 0.717) is 29.2 Å². The zero-order chi connectivity index (χ0) is 27.6. The van der Waals surface area contributed by atoms with E-state index in [4.69, 9.17) is 9.47 Å². The van der Waals surface area contributed by atoms with Gasteiger partial charge in [-0.1, -0.05) is 57.2 Å². The summed E-state index contributed by atoms with van der Waals surface area (Å²) in [6, 6.07) is 19.8. The highest BCUT2D eigenvalue weighted by Gasteiger charge is 2.46. The molecular formula is C32H35NO5. The third kappa shape index (κ3) is 5.30. The molecule has 1 amide bonds. The van der Waals surface area contributed by atoms with Gasteiger partial charge in [0.25, 0.3) is 11.7 Å². The third-order valence-corrected chi connectivity index (χ3v) is 6.89. The topological polar surface area (TPSA) is 76.1 Å². The molecule has 0 aliphatic carbocycles. The summed E-state index contributed by atoms with van der Waals surface area (Å²) in [4.78, 5) is 28.5. The number of benzene rings is 3. The van der Waals surface area contributed by atoms with Crippen LogP contribution in [0.25, 0.3) is 5.76 Å². The number of methoxy groups -OCH3 is 1. The minimum Gasteiger partial charge on any atom is -0.507 e. The summed E-state index contributed by atoms with van der Waals surface area (Å²) < 4.78 is 10.9. The highest BCUT2D eigenvalue weighted by molar-refractivity contribution is 6.46. The highest BCUT2D eigenvalue weighted by Crippen LogP contribution is 2.41. The molecule has 1 N–H and O–H groups in total. The lowest BCUT2D eigenvalue weighted by Crippen LogP contribution is -2.29. The Kier molecular flexibility index (Phi) is 7.63. The lowest BCUT2D eigenvalue weighted by atomic mass is 9.84. The van der Waals surface area contributed by atoms with Crippen molar-refractivity contribution in [1.29, 1.82) is 0 Å². The first-order chi connectivity index (χ1) is 18.0. The van der Waals surface area contributed by atoms with E-state index in [9.17, 15) is 14.7 Å². The van der Waals surface area contributed by atoms with Crippen LogP contribution in [0.1, 0.15) is 61.6 Å². The van der Waals surface area contributed by atoms with Crippen LogP contribution in [0, 0.1) is 6.92 Å². The normalized spacial score (nSPS) is 17.1. The smallest absolute Gasteiger partial charge is 0.295 e. The molecule has 6 heteroatoms. The second kappa shape index (κ2) is 10.7. The fraction of sp³-hybridized carbons (Fsp3) is 0.312. The van der Waals surface area contributed by atoms with E-state index in [1.165, 1.54) is 4.90 Å². The van der Waals surface area contributed by atoms with Crippen molar-refractivity contribution in [1.82, 2.24) is 4.90 Å². The number of Topliss-reactive ketones (excluding diaryl/α,β-unsaturated/α-hetero) is 1. The number of aliphatic hydroxyl groups is 1. The maximum atomic E-state index is 13.5. The van der Waals surface area contributed by atoms with E-state index >= 15 is 0 Å². The molecule has 38 heavy (non-hydrogen) atoms. The first-order valence-electron chi connectivity index (χ1n) is 12.8. The summed E-state index contributed by atoms with van der Waals surface area (Å²) in [6.45, 7) is 10.8. The molecular weight excluding hydrogens is 478 g/mol. The third-order valence-electron chi connectivity index (χ3n) is 6.89. The maximum absolute atomic E-state index is 13.5. The number of hydrogen-bond donors (Lipinski definition) is 1. The van der Waals surface area contributed by atoms with Crippen LogP contribution in [0.15, 0.2) is 72.3 Å². The minimum atomic E-state index is -0.769. The van der Waals surface area contributed by atoms with Crippen molar-refractivity contribution in [2.24, 2.45) is 0 Å². The van der Waals surface area contributed by atoms with Crippen LogP contribution < -0.4 is 9.47 Å². The van der Waals surface area contributed by atoms with E-state index in [0.717, 1.165) is 16.7 Å². The molecule has 1 unspecified atom stereocenters. The Morgan fingerprint density at radius 2 is 1.68 bits per heavy atom. The number of likely N-dealkylation sites (tertiary alicyclic amines) is 1. The lowest BCUT2D eigenvalue weighted by Gasteiger charge is -2.26. The van der Waals surface area contributed by atoms with Crippen LogP contribution in [-0.4, -0.2) is 35.4 Å². The van der Waals surface area contributed by atoms with Crippen molar-refractivity contribution in [3.8, 4) is 11.5 Å². The van der Waals surface area contributed by atoms with Crippen molar-refractivity contribution < 1.29 is 24.2 Å². The monoisotopic (exact) mass is 513 g/mol. The average molecular weight is 514 g/mol. The SMILES string of the molecule is CCOc1cccc(CN2C(=O)C(=O)/C(=C(/O)c3cc(C(C)(C)C)ccc3C)C2c2ccc(OC)cc2)c1. The number of ether oxygens (including phenoxy) is 2. The molecule has 1 saturated heterocycles. The molecule has 1 heterocycles. The summed E-state index contributed by atoms with van der Waals surface area (Å²) >= 11 is 0. The van der Waals surface area contributed by atoms with Crippen molar-refractivity contribution in [3.63, 3.8) is 0 Å². The number of aryl methyl sites for hydroxylation is 1. The van der Waals surface area contributed by atoms with Crippen LogP contribution in [0.4, 0.5) is 0 Å². The zero-order valence-electron chi connectivity index (χ0n) is 22.9. The summed E-state index contributed by atoms with van der Waals surface area (Å²) in [5, 5.41) is 11.6. The van der Waals surface area contributed by atoms with E-state index in [1.807, 2.05) is 68.4 Å². The second-order valence-corrected chi connectivity index (χ2v) is 10.6. The standard InChI is InChI=1S/C32H35NO5/c1-7-38-25-10-8-9-21(17-25)19-33-28(22-12-15-24(37-6)16-13-22)27(30(35)31(33)36)29(34)26-18-23(32(3,4)5)14-11-20(26)2/h8-18,28,34H,7,19H2,1-6H3/b29-27+. The van der Waals surface area contributed by atoms with Gasteiger partial charge in [-0.05, 0) is 71.8 Å². The van der Waals surface area contributed by atoms with Gasteiger partial charge in [-0.2, -0.15) is 0 Å². The summed E-state index contributed by atoms with van der Waals surface area (Å²) in [5.74, 6) is -0.178. The molecule has 3 aromatic rings. The van der Waals surface area contributed by atoms with Crippen LogP contribution in [-0.2, 0) is 21.5 Å². The number of aliphatic hydroxyl groups excluding tert-OH is 1. The van der Waals surface area contributed by atoms with Gasteiger partial charge < -0.3 is 19.5 Å². The van der Waals surface area contributed by atoms with Gasteiger partial charge in [0.05, 0.1) is 25.3 Å². The molecule has 0 bridgehead atoms. The largest absolute Gasteiger partial charge is 0.507 e. The Morgan fingerprint density at radius 3 is 2.32 bits per heavy atom. The maximum Gasteiger partial charge on any atom is 0.295 e. The van der Waals surface area contributed by atoms with Gasteiger partial charge in [-0.25, -0.2) is 0 Å². The van der Waals surface area contributed by atoms with Crippen molar-refractivity contribution >= 4 is 17.4 Å². The molecule has 1 aliphatic rings. The first kappa shape index (κ1) is 27.0. The van der Waals surface area contributed by atoms with Gasteiger partial charge >= 0.3 is 0 Å². The van der Waals surface area contributed by atoms with Gasteiger partial charge in [0.1, 0.15) is 17.3 Å². The average Bonchev–Trinajstić information content (AvgIpc) is 3.13. The fourth-order valence-electron chi connectivity index (χ4n) is 4.76. The predicted octanol–water partition coefficient (Wildman–Crippen LogP) is 6.32. The predicted molar refractivity (Wildman–Crippen MR) is 148 cm³/mol. The quantitative estimate of drug-likeness (QED) is 0.227. The highest BCUT2D eigenvalue weighted by atomic mass is 16.5. The Labute approximate surface area is 224 Å². The number of carbonyl (C=O) groups is 2. The van der Waals surface area contributed by atoms with Crippen molar-refractivity contribution in [2.75, 3.05) is 13.7 Å².